The first-order chi connectivity index (χ1) is 11.3. The van der Waals surface area contributed by atoms with Crippen molar-refractivity contribution >= 4 is 22.6 Å². The second-order valence-corrected chi connectivity index (χ2v) is 7.07. The van der Waals surface area contributed by atoms with Crippen LogP contribution in [0, 0.1) is 20.8 Å². The lowest BCUT2D eigenvalue weighted by atomic mass is 10.1. The molecule has 0 spiro atoms. The van der Waals surface area contributed by atoms with Crippen LogP contribution in [0.2, 0.25) is 0 Å². The third-order valence-electron chi connectivity index (χ3n) is 3.61. The summed E-state index contributed by atoms with van der Waals surface area (Å²) in [6.45, 7) is 5.83. The molecule has 2 aromatic carbocycles. The third-order valence-corrected chi connectivity index (χ3v) is 4.94. The topological polar surface area (TPSA) is 49.7 Å². The molecule has 1 unspecified atom stereocenters. The minimum absolute atomic E-state index is 0.180. The van der Waals surface area contributed by atoms with Gasteiger partial charge in [-0.3, -0.25) is 4.79 Å². The molecule has 0 N–H and O–H groups in total. The molecule has 0 saturated heterocycles. The average Bonchev–Trinajstić information content (AvgIpc) is 2.51. The second kappa shape index (κ2) is 7.53. The maximum atomic E-state index is 12.8. The highest BCUT2D eigenvalue weighted by atomic mass is 32.2. The monoisotopic (exact) mass is 342 g/mol. The lowest BCUT2D eigenvalue weighted by Gasteiger charge is -2.15. The van der Waals surface area contributed by atoms with Crippen LogP contribution in [0.5, 0.6) is 0 Å². The predicted molar refractivity (Wildman–Crippen MR) is 99.0 cm³/mol. The van der Waals surface area contributed by atoms with Gasteiger partial charge in [0.25, 0.3) is 0 Å². The van der Waals surface area contributed by atoms with E-state index in [9.17, 15) is 9.00 Å². The fourth-order valence-corrected chi connectivity index (χ4v) is 3.77. The second-order valence-electron chi connectivity index (χ2n) is 5.98. The van der Waals surface area contributed by atoms with Crippen molar-refractivity contribution in [2.75, 3.05) is 14.1 Å². The quantitative estimate of drug-likeness (QED) is 0.485. The van der Waals surface area contributed by atoms with Gasteiger partial charge in [0.15, 0.2) is 16.8 Å². The molecule has 0 heterocycles. The summed E-state index contributed by atoms with van der Waals surface area (Å²) in [4.78, 5) is 14.9. The lowest BCUT2D eigenvalue weighted by molar-refractivity contribution is 0.105. The van der Waals surface area contributed by atoms with Gasteiger partial charge in [-0.15, -0.1) is 0 Å². The normalized spacial score (nSPS) is 12.8. The fourth-order valence-electron chi connectivity index (χ4n) is 2.61. The van der Waals surface area contributed by atoms with Crippen LogP contribution in [-0.4, -0.2) is 34.8 Å². The lowest BCUT2D eigenvalue weighted by Crippen LogP contribution is -2.31. The van der Waals surface area contributed by atoms with Gasteiger partial charge in [0.05, 0.1) is 4.90 Å². The summed E-state index contributed by atoms with van der Waals surface area (Å²) in [7, 11) is 1.82. The van der Waals surface area contributed by atoms with Crippen LogP contribution in [0.4, 0.5) is 0 Å². The van der Waals surface area contributed by atoms with Crippen molar-refractivity contribution < 1.29 is 9.00 Å². The Balaban J connectivity index is 2.45. The van der Waals surface area contributed by atoms with Gasteiger partial charge < -0.3 is 4.90 Å². The van der Waals surface area contributed by atoms with Gasteiger partial charge in [-0.2, -0.15) is 4.40 Å². The highest BCUT2D eigenvalue weighted by Crippen LogP contribution is 2.21. The number of nitrogens with zero attached hydrogens (tertiary/aromatic N) is 2. The SMILES string of the molecule is Cc1cc(C)c(S(=O)/N=C(/C(=O)c2ccccc2)N(C)C)c(C)c1. The van der Waals surface area contributed by atoms with Gasteiger partial charge >= 0.3 is 0 Å². The first-order valence-electron chi connectivity index (χ1n) is 7.66. The van der Waals surface area contributed by atoms with Crippen LogP contribution < -0.4 is 0 Å². The molecule has 126 valence electrons. The molecule has 0 bridgehead atoms. The molecule has 4 nitrogen and oxygen atoms in total. The molecule has 2 rings (SSSR count). The first kappa shape index (κ1) is 18.1. The van der Waals surface area contributed by atoms with Crippen molar-refractivity contribution in [2.45, 2.75) is 25.7 Å². The van der Waals surface area contributed by atoms with Gasteiger partial charge in [0.2, 0.25) is 5.78 Å². The summed E-state index contributed by atoms with van der Waals surface area (Å²) >= 11 is 0. The van der Waals surface area contributed by atoms with E-state index in [1.165, 1.54) is 0 Å². The molecule has 24 heavy (non-hydrogen) atoms. The number of hydrogen-bond acceptors (Lipinski definition) is 2. The van der Waals surface area contributed by atoms with Crippen LogP contribution in [0.1, 0.15) is 27.0 Å². The third kappa shape index (κ3) is 3.97. The van der Waals surface area contributed by atoms with Crippen LogP contribution >= 0.6 is 0 Å². The van der Waals surface area contributed by atoms with Gasteiger partial charge in [-0.1, -0.05) is 48.0 Å². The molecule has 0 amide bonds. The number of carbonyl (C=O) groups is 1. The number of ketones is 1. The fraction of sp³-hybridized carbons (Fsp3) is 0.263. The van der Waals surface area contributed by atoms with E-state index in [0.717, 1.165) is 16.7 Å². The zero-order valence-electron chi connectivity index (χ0n) is 14.7. The van der Waals surface area contributed by atoms with Gasteiger partial charge in [0, 0.05) is 19.7 Å². The number of benzene rings is 2. The van der Waals surface area contributed by atoms with E-state index in [0.29, 0.717) is 10.5 Å². The van der Waals surface area contributed by atoms with Gasteiger partial charge in [-0.05, 0) is 31.9 Å². The van der Waals surface area contributed by atoms with Gasteiger partial charge in [0.1, 0.15) is 0 Å². The Morgan fingerprint density at radius 1 is 1.00 bits per heavy atom. The van der Waals surface area contributed by atoms with Gasteiger partial charge in [-0.25, -0.2) is 4.21 Å². The summed E-state index contributed by atoms with van der Waals surface area (Å²) < 4.78 is 17.0. The number of rotatable bonds is 4. The molecule has 0 aliphatic rings. The highest BCUT2D eigenvalue weighted by molar-refractivity contribution is 7.84. The van der Waals surface area contributed by atoms with E-state index < -0.39 is 11.0 Å². The number of aryl methyl sites for hydroxylation is 3. The molecule has 0 radical (unpaired) electrons. The van der Waals surface area contributed by atoms with E-state index in [1.54, 1.807) is 43.3 Å². The Bertz CT molecular complexity index is 788. The molecule has 2 aromatic rings. The molecular weight excluding hydrogens is 320 g/mol. The molecule has 0 aliphatic heterocycles. The Morgan fingerprint density at radius 2 is 1.54 bits per heavy atom. The summed E-state index contributed by atoms with van der Waals surface area (Å²) in [5.74, 6) is -0.0599. The van der Waals surface area contributed by atoms with Crippen LogP contribution in [-0.2, 0) is 11.0 Å². The molecule has 1 atom stereocenters. The smallest absolute Gasteiger partial charge is 0.228 e. The van der Waals surface area contributed by atoms with E-state index in [2.05, 4.69) is 4.40 Å². The Morgan fingerprint density at radius 3 is 2.04 bits per heavy atom. The predicted octanol–water partition coefficient (Wildman–Crippen LogP) is 3.48. The van der Waals surface area contributed by atoms with Crippen LogP contribution in [0.3, 0.4) is 0 Å². The number of hydrogen-bond donors (Lipinski definition) is 0. The zero-order valence-corrected chi connectivity index (χ0v) is 15.5. The summed E-state index contributed by atoms with van der Waals surface area (Å²) in [6.07, 6.45) is 0. The van der Waals surface area contributed by atoms with E-state index >= 15 is 0 Å². The minimum atomic E-state index is -1.63. The summed E-state index contributed by atoms with van der Waals surface area (Å²) in [6, 6.07) is 12.9. The maximum absolute atomic E-state index is 12.8. The zero-order chi connectivity index (χ0) is 17.9. The molecule has 0 fully saturated rings. The largest absolute Gasteiger partial charge is 0.359 e. The molecular formula is C19H22N2O2S. The average molecular weight is 342 g/mol. The van der Waals surface area contributed by atoms with E-state index in [-0.39, 0.29) is 11.6 Å². The Kier molecular flexibility index (Phi) is 5.67. The van der Waals surface area contributed by atoms with Crippen LogP contribution in [0.15, 0.2) is 51.8 Å². The first-order valence-corrected chi connectivity index (χ1v) is 8.77. The minimum Gasteiger partial charge on any atom is -0.359 e. The molecule has 5 heteroatoms. The van der Waals surface area contributed by atoms with Crippen molar-refractivity contribution in [3.05, 3.63) is 64.7 Å². The van der Waals surface area contributed by atoms with Crippen molar-refractivity contribution in [3.8, 4) is 0 Å². The molecule has 0 aromatic heterocycles. The van der Waals surface area contributed by atoms with E-state index in [1.807, 2.05) is 39.0 Å². The number of carbonyl (C=O) groups excluding carboxylic acids is 1. The molecule has 0 saturated carbocycles. The van der Waals surface area contributed by atoms with Crippen molar-refractivity contribution in [1.82, 2.24) is 4.90 Å². The summed E-state index contributed by atoms with van der Waals surface area (Å²) in [5.41, 5.74) is 3.47. The standard InChI is InChI=1S/C19H22N2O2S/c1-13-11-14(2)18(15(3)12-13)24(23)20-19(21(4)5)17(22)16-9-7-6-8-10-16/h6-12H,1-5H3/b20-19-. The number of amidine groups is 1. The molecule has 0 aliphatic carbocycles. The number of Topliss-reactive ketones (excluding diaryl/α,β-unsaturated/α-hetero) is 1. The van der Waals surface area contributed by atoms with Crippen molar-refractivity contribution in [3.63, 3.8) is 0 Å². The van der Waals surface area contributed by atoms with Crippen molar-refractivity contribution in [1.29, 1.82) is 0 Å². The Hall–Kier alpha value is -2.27. The maximum Gasteiger partial charge on any atom is 0.228 e. The summed E-state index contributed by atoms with van der Waals surface area (Å²) in [5, 5.41) is 0. The number of likely N-dealkylation sites (N-methyl/N-ethyl adjacent to an activating group) is 1. The Labute approximate surface area is 145 Å². The van der Waals surface area contributed by atoms with Crippen molar-refractivity contribution in [2.24, 2.45) is 4.40 Å². The highest BCUT2D eigenvalue weighted by Gasteiger charge is 2.19. The van der Waals surface area contributed by atoms with Crippen LogP contribution in [0.25, 0.3) is 0 Å². The van der Waals surface area contributed by atoms with E-state index in [4.69, 9.17) is 0 Å².